The van der Waals surface area contributed by atoms with Crippen LogP contribution in [0, 0.1) is 24.0 Å². The molecule has 0 bridgehead atoms. The first kappa shape index (κ1) is 28.6. The van der Waals surface area contributed by atoms with Gasteiger partial charge in [-0.1, -0.05) is 11.8 Å². The predicted molar refractivity (Wildman–Crippen MR) is 95.9 cm³/mol. The van der Waals surface area contributed by atoms with Crippen molar-refractivity contribution in [3.63, 3.8) is 0 Å². The maximum Gasteiger partial charge on any atom is 0.298 e. The summed E-state index contributed by atoms with van der Waals surface area (Å²) in [4.78, 5) is 0. The molecule has 2 N–H and O–H groups in total. The molecule has 0 radical (unpaired) electrons. The number of aliphatic hydroxyl groups is 2. The third-order valence-electron chi connectivity index (χ3n) is 5.16. The topological polar surface area (TPSA) is 121 Å². The number of aliphatic hydroxyl groups excluding tert-OH is 2. The van der Waals surface area contributed by atoms with Crippen molar-refractivity contribution in [1.29, 1.82) is 0 Å². The minimum Gasteiger partial charge on any atom is -0.483 e. The standard InChI is InChI=1S/C8H14O5P.C8H14O4P.2W/c1-5-8-6(9)3-11-4-7(8)13-14(2,10)12-5;1-5-8-6(9)3-4-7(8)12-13(2,10)11-5;;/h6-9H,3-4H2,1-2H3;6-9H,3-4H2,1-2H3;;/q2*-1;;. The number of ether oxygens (including phenoxy) is 1. The van der Waals surface area contributed by atoms with Gasteiger partial charge in [0.25, 0.3) is 15.2 Å². The maximum atomic E-state index is 11.6. The van der Waals surface area contributed by atoms with E-state index < -0.39 is 27.4 Å². The number of hydrogen-bond donors (Lipinski definition) is 2. The molecule has 13 heteroatoms. The Bertz CT molecular complexity index is 640. The van der Waals surface area contributed by atoms with Gasteiger partial charge in [-0.15, -0.1) is 0 Å². The van der Waals surface area contributed by atoms with E-state index >= 15 is 0 Å². The smallest absolute Gasteiger partial charge is 0.298 e. The fourth-order valence-corrected chi connectivity index (χ4v) is 6.95. The average Bonchev–Trinajstić information content (AvgIpc) is 2.86. The number of fused-ring (bicyclic) bond motifs is 2. The fourth-order valence-electron chi connectivity index (χ4n) is 4.16. The Morgan fingerprint density at radius 1 is 0.793 bits per heavy atom. The molecule has 3 heterocycles. The summed E-state index contributed by atoms with van der Waals surface area (Å²) < 4.78 is 49.1. The third-order valence-corrected chi connectivity index (χ3v) is 7.71. The average molecular weight is 794 g/mol. The Hall–Kier alpha value is 1.56. The van der Waals surface area contributed by atoms with Crippen molar-refractivity contribution in [2.24, 2.45) is 11.8 Å². The maximum absolute atomic E-state index is 11.6. The van der Waals surface area contributed by atoms with E-state index in [1.165, 1.54) is 13.3 Å². The van der Waals surface area contributed by atoms with E-state index in [0.717, 1.165) is 6.42 Å². The largest absolute Gasteiger partial charge is 0.483 e. The van der Waals surface area contributed by atoms with Crippen LogP contribution in [0.4, 0.5) is 0 Å². The van der Waals surface area contributed by atoms with Crippen molar-refractivity contribution < 1.29 is 84.3 Å². The summed E-state index contributed by atoms with van der Waals surface area (Å²) in [5, 5.41) is 19.2. The molecule has 4 rings (SSSR count). The first-order valence-corrected chi connectivity index (χ1v) is 13.0. The van der Waals surface area contributed by atoms with Crippen molar-refractivity contribution in [3.8, 4) is 0 Å². The summed E-state index contributed by atoms with van der Waals surface area (Å²) in [6.45, 7) is 7.03. The molecule has 8 atom stereocenters. The van der Waals surface area contributed by atoms with Gasteiger partial charge in [0, 0.05) is 67.7 Å². The van der Waals surface area contributed by atoms with Crippen LogP contribution in [0.15, 0.2) is 0 Å². The molecule has 0 aromatic carbocycles. The Balaban J connectivity index is 0.000000272. The summed E-state index contributed by atoms with van der Waals surface area (Å²) in [5.74, 6) is -0.298. The molecule has 1 aliphatic carbocycles. The van der Waals surface area contributed by atoms with Crippen LogP contribution in [-0.4, -0.2) is 61.2 Å². The Morgan fingerprint density at radius 3 is 1.83 bits per heavy atom. The first-order chi connectivity index (χ1) is 12.5. The van der Waals surface area contributed by atoms with Crippen molar-refractivity contribution in [2.75, 3.05) is 26.5 Å². The second-order valence-electron chi connectivity index (χ2n) is 7.54. The van der Waals surface area contributed by atoms with Gasteiger partial charge in [-0.25, -0.2) is 0 Å². The fraction of sp³-hybridized carbons (Fsp3) is 0.875. The minimum atomic E-state index is -2.99. The van der Waals surface area contributed by atoms with Crippen molar-refractivity contribution in [3.05, 3.63) is 12.2 Å². The molecular formula is C16H28O9P2W2-2. The van der Waals surface area contributed by atoms with Gasteiger partial charge in [-0.2, -0.15) is 26.1 Å². The van der Waals surface area contributed by atoms with Crippen LogP contribution < -0.4 is 0 Å². The van der Waals surface area contributed by atoms with E-state index in [1.807, 2.05) is 0 Å². The zero-order chi connectivity index (χ0) is 20.0. The second-order valence-corrected chi connectivity index (χ2v) is 11.4. The molecule has 0 aromatic rings. The Morgan fingerprint density at radius 2 is 1.28 bits per heavy atom. The SMILES string of the molecule is C[C-]1OP(C)(=O)OC2CCC(O)C12.C[C-]1OP(C)(=O)OC2COCC(O)C12.[W].[W]. The van der Waals surface area contributed by atoms with Crippen LogP contribution in [0.2, 0.25) is 0 Å². The number of hydrogen-bond acceptors (Lipinski definition) is 9. The summed E-state index contributed by atoms with van der Waals surface area (Å²) >= 11 is 0. The summed E-state index contributed by atoms with van der Waals surface area (Å²) in [5.41, 5.74) is 0. The van der Waals surface area contributed by atoms with E-state index in [2.05, 4.69) is 0 Å². The summed E-state index contributed by atoms with van der Waals surface area (Å²) in [6, 6.07) is 0. The molecule has 4 fully saturated rings. The van der Waals surface area contributed by atoms with Gasteiger partial charge in [0.2, 0.25) is 0 Å². The van der Waals surface area contributed by atoms with E-state index in [-0.39, 0.29) is 72.8 Å². The van der Waals surface area contributed by atoms with Gasteiger partial charge in [0.15, 0.2) is 0 Å². The molecule has 3 aliphatic heterocycles. The van der Waals surface area contributed by atoms with Gasteiger partial charge in [-0.3, -0.25) is 9.13 Å². The first-order valence-electron chi connectivity index (χ1n) is 9.01. The molecule has 29 heavy (non-hydrogen) atoms. The van der Waals surface area contributed by atoms with Gasteiger partial charge in [-0.05, 0) is 12.8 Å². The van der Waals surface area contributed by atoms with Crippen LogP contribution in [0.5, 0.6) is 0 Å². The Kier molecular flexibility index (Phi) is 11.0. The third kappa shape index (κ3) is 7.02. The molecule has 0 amide bonds. The summed E-state index contributed by atoms with van der Waals surface area (Å²) in [7, 11) is -5.87. The predicted octanol–water partition coefficient (Wildman–Crippen LogP) is 2.33. The van der Waals surface area contributed by atoms with Gasteiger partial charge >= 0.3 is 0 Å². The van der Waals surface area contributed by atoms with Crippen molar-refractivity contribution >= 4 is 15.2 Å². The van der Waals surface area contributed by atoms with Crippen LogP contribution in [-0.2, 0) is 74.1 Å². The van der Waals surface area contributed by atoms with Crippen molar-refractivity contribution in [2.45, 2.75) is 51.1 Å². The van der Waals surface area contributed by atoms with E-state index in [0.29, 0.717) is 25.2 Å². The zero-order valence-corrected chi connectivity index (χ0v) is 24.4. The van der Waals surface area contributed by atoms with E-state index in [9.17, 15) is 19.3 Å². The zero-order valence-electron chi connectivity index (χ0n) is 16.8. The van der Waals surface area contributed by atoms with Gasteiger partial charge in [0.05, 0.1) is 25.4 Å². The molecule has 0 aromatic heterocycles. The summed E-state index contributed by atoms with van der Waals surface area (Å²) in [6.07, 6.45) is 1.23. The van der Waals surface area contributed by atoms with Gasteiger partial charge < -0.3 is 33.0 Å². The van der Waals surface area contributed by atoms with Gasteiger partial charge in [0.1, 0.15) is 0 Å². The van der Waals surface area contributed by atoms with Crippen molar-refractivity contribution in [1.82, 2.24) is 0 Å². The second kappa shape index (κ2) is 11.1. The molecule has 9 nitrogen and oxygen atoms in total. The molecule has 0 spiro atoms. The van der Waals surface area contributed by atoms with Crippen LogP contribution in [0.25, 0.3) is 0 Å². The van der Waals surface area contributed by atoms with E-state index in [1.54, 1.807) is 13.8 Å². The molecule has 1 saturated carbocycles. The number of rotatable bonds is 0. The van der Waals surface area contributed by atoms with Crippen LogP contribution in [0.1, 0.15) is 26.7 Å². The molecular weight excluding hydrogens is 766 g/mol. The Labute approximate surface area is 200 Å². The van der Waals surface area contributed by atoms with Crippen LogP contribution >= 0.6 is 15.2 Å². The monoisotopic (exact) mass is 794 g/mol. The molecule has 4 aliphatic rings. The molecule has 3 saturated heterocycles. The minimum absolute atomic E-state index is 0. The van der Waals surface area contributed by atoms with Crippen LogP contribution in [0.3, 0.4) is 0 Å². The molecule has 170 valence electrons. The normalized spacial score (nSPS) is 47.5. The quantitative estimate of drug-likeness (QED) is 0.282. The molecule has 8 unspecified atom stereocenters. The van der Waals surface area contributed by atoms with E-state index in [4.69, 9.17) is 22.8 Å².